The quantitative estimate of drug-likeness (QED) is 0.781. The van der Waals surface area contributed by atoms with Crippen LogP contribution in [0, 0.1) is 11.3 Å². The van der Waals surface area contributed by atoms with Crippen LogP contribution in [0.15, 0.2) is 0 Å². The molecule has 4 nitrogen and oxygen atoms in total. The van der Waals surface area contributed by atoms with E-state index in [1.54, 1.807) is 7.05 Å². The lowest BCUT2D eigenvalue weighted by Crippen LogP contribution is -2.40. The van der Waals surface area contributed by atoms with Gasteiger partial charge in [-0.15, -0.1) is 0 Å². The molecular formula is C13H24N2O2. The van der Waals surface area contributed by atoms with Crippen molar-refractivity contribution in [2.75, 3.05) is 26.7 Å². The van der Waals surface area contributed by atoms with E-state index in [9.17, 15) is 9.59 Å². The van der Waals surface area contributed by atoms with Gasteiger partial charge in [-0.2, -0.15) is 0 Å². The van der Waals surface area contributed by atoms with E-state index in [0.717, 1.165) is 19.4 Å². The standard InChI is InChI=1S/C13H24N2O2/c1-5-10(2)11(16)8-15-7-6-13(3,9-15)12(17)14-4/h10H,5-9H2,1-4H3,(H,14,17). The van der Waals surface area contributed by atoms with Crippen LogP contribution in [0.25, 0.3) is 0 Å². The Morgan fingerprint density at radius 1 is 1.47 bits per heavy atom. The summed E-state index contributed by atoms with van der Waals surface area (Å²) in [6.45, 7) is 7.99. The van der Waals surface area contributed by atoms with Crippen molar-refractivity contribution in [3.05, 3.63) is 0 Å². The van der Waals surface area contributed by atoms with E-state index in [1.165, 1.54) is 0 Å². The van der Waals surface area contributed by atoms with Crippen molar-refractivity contribution in [3.8, 4) is 0 Å². The molecule has 1 rings (SSSR count). The van der Waals surface area contributed by atoms with Crippen LogP contribution in [-0.4, -0.2) is 43.3 Å². The molecule has 0 radical (unpaired) electrons. The fraction of sp³-hybridized carbons (Fsp3) is 0.846. The summed E-state index contributed by atoms with van der Waals surface area (Å²) >= 11 is 0. The van der Waals surface area contributed by atoms with Gasteiger partial charge in [-0.3, -0.25) is 14.5 Å². The molecule has 1 saturated heterocycles. The minimum atomic E-state index is -0.329. The van der Waals surface area contributed by atoms with Crippen molar-refractivity contribution in [2.24, 2.45) is 11.3 Å². The molecule has 1 aliphatic rings. The molecule has 0 aromatic carbocycles. The molecule has 1 N–H and O–H groups in total. The molecule has 0 spiro atoms. The predicted octanol–water partition coefficient (Wildman–Crippen LogP) is 1.06. The highest BCUT2D eigenvalue weighted by Gasteiger charge is 2.40. The predicted molar refractivity (Wildman–Crippen MR) is 67.7 cm³/mol. The molecule has 1 heterocycles. The smallest absolute Gasteiger partial charge is 0.227 e. The Morgan fingerprint density at radius 2 is 2.12 bits per heavy atom. The van der Waals surface area contributed by atoms with E-state index in [1.807, 2.05) is 20.8 Å². The molecular weight excluding hydrogens is 216 g/mol. The topological polar surface area (TPSA) is 49.4 Å². The molecule has 98 valence electrons. The highest BCUT2D eigenvalue weighted by atomic mass is 16.2. The van der Waals surface area contributed by atoms with Gasteiger partial charge in [0.1, 0.15) is 5.78 Å². The summed E-state index contributed by atoms with van der Waals surface area (Å²) in [4.78, 5) is 25.7. The molecule has 1 aliphatic heterocycles. The zero-order chi connectivity index (χ0) is 13.1. The van der Waals surface area contributed by atoms with Crippen molar-refractivity contribution in [3.63, 3.8) is 0 Å². The second-order valence-electron chi connectivity index (χ2n) is 5.38. The van der Waals surface area contributed by atoms with Crippen LogP contribution in [0.5, 0.6) is 0 Å². The Kier molecular flexibility index (Phi) is 4.69. The van der Waals surface area contributed by atoms with Crippen molar-refractivity contribution >= 4 is 11.7 Å². The number of likely N-dealkylation sites (tertiary alicyclic amines) is 1. The van der Waals surface area contributed by atoms with E-state index in [4.69, 9.17) is 0 Å². The van der Waals surface area contributed by atoms with E-state index in [-0.39, 0.29) is 23.0 Å². The molecule has 2 atom stereocenters. The maximum Gasteiger partial charge on any atom is 0.227 e. The summed E-state index contributed by atoms with van der Waals surface area (Å²) < 4.78 is 0. The zero-order valence-electron chi connectivity index (χ0n) is 11.4. The summed E-state index contributed by atoms with van der Waals surface area (Å²) in [7, 11) is 1.67. The van der Waals surface area contributed by atoms with Crippen LogP contribution >= 0.6 is 0 Å². The van der Waals surface area contributed by atoms with Gasteiger partial charge in [-0.1, -0.05) is 13.8 Å². The summed E-state index contributed by atoms with van der Waals surface area (Å²) in [5.41, 5.74) is -0.329. The Labute approximate surface area is 104 Å². The summed E-state index contributed by atoms with van der Waals surface area (Å²) in [6.07, 6.45) is 1.72. The number of hydrogen-bond acceptors (Lipinski definition) is 3. The molecule has 0 aromatic heterocycles. The first-order valence-electron chi connectivity index (χ1n) is 6.40. The van der Waals surface area contributed by atoms with Crippen molar-refractivity contribution in [2.45, 2.75) is 33.6 Å². The van der Waals surface area contributed by atoms with Gasteiger partial charge in [-0.25, -0.2) is 0 Å². The van der Waals surface area contributed by atoms with E-state index in [0.29, 0.717) is 13.1 Å². The number of carbonyl (C=O) groups is 2. The highest BCUT2D eigenvalue weighted by Crippen LogP contribution is 2.30. The van der Waals surface area contributed by atoms with Gasteiger partial charge in [0.15, 0.2) is 0 Å². The second-order valence-corrected chi connectivity index (χ2v) is 5.38. The largest absolute Gasteiger partial charge is 0.359 e. The summed E-state index contributed by atoms with van der Waals surface area (Å²) in [5, 5.41) is 2.70. The van der Waals surface area contributed by atoms with Gasteiger partial charge in [0, 0.05) is 19.5 Å². The summed E-state index contributed by atoms with van der Waals surface area (Å²) in [6, 6.07) is 0. The van der Waals surface area contributed by atoms with Crippen molar-refractivity contribution in [1.29, 1.82) is 0 Å². The fourth-order valence-corrected chi connectivity index (χ4v) is 2.28. The van der Waals surface area contributed by atoms with Crippen molar-refractivity contribution in [1.82, 2.24) is 10.2 Å². The molecule has 0 saturated carbocycles. The minimum Gasteiger partial charge on any atom is -0.359 e. The number of rotatable bonds is 5. The highest BCUT2D eigenvalue weighted by molar-refractivity contribution is 5.84. The lowest BCUT2D eigenvalue weighted by Gasteiger charge is -2.23. The van der Waals surface area contributed by atoms with E-state index in [2.05, 4.69) is 10.2 Å². The second kappa shape index (κ2) is 5.63. The van der Waals surface area contributed by atoms with Crippen LogP contribution in [0.4, 0.5) is 0 Å². The molecule has 0 bridgehead atoms. The van der Waals surface area contributed by atoms with Crippen LogP contribution in [-0.2, 0) is 9.59 Å². The van der Waals surface area contributed by atoms with Gasteiger partial charge in [-0.05, 0) is 26.3 Å². The lowest BCUT2D eigenvalue weighted by atomic mass is 9.89. The average Bonchev–Trinajstić information content (AvgIpc) is 2.69. The number of Topliss-reactive ketones (excluding diaryl/α,β-unsaturated/α-hetero) is 1. The molecule has 4 heteroatoms. The Morgan fingerprint density at radius 3 is 2.65 bits per heavy atom. The van der Waals surface area contributed by atoms with Gasteiger partial charge >= 0.3 is 0 Å². The van der Waals surface area contributed by atoms with Crippen LogP contribution in [0.2, 0.25) is 0 Å². The fourth-order valence-electron chi connectivity index (χ4n) is 2.28. The SMILES string of the molecule is CCC(C)C(=O)CN1CCC(C)(C(=O)NC)C1. The number of amides is 1. The van der Waals surface area contributed by atoms with Gasteiger partial charge in [0.2, 0.25) is 5.91 Å². The third kappa shape index (κ3) is 3.28. The van der Waals surface area contributed by atoms with E-state index >= 15 is 0 Å². The minimum absolute atomic E-state index is 0.0796. The molecule has 0 aliphatic carbocycles. The number of nitrogens with zero attached hydrogens (tertiary/aromatic N) is 1. The molecule has 0 aromatic rings. The Bertz CT molecular complexity index is 304. The first-order valence-corrected chi connectivity index (χ1v) is 6.40. The van der Waals surface area contributed by atoms with Crippen molar-refractivity contribution < 1.29 is 9.59 Å². The maximum atomic E-state index is 11.8. The third-order valence-corrected chi connectivity index (χ3v) is 3.87. The van der Waals surface area contributed by atoms with Crippen LogP contribution < -0.4 is 5.32 Å². The monoisotopic (exact) mass is 240 g/mol. The Hall–Kier alpha value is -0.900. The summed E-state index contributed by atoms with van der Waals surface area (Å²) in [5.74, 6) is 0.492. The maximum absolute atomic E-state index is 11.8. The Balaban J connectivity index is 2.51. The normalized spacial score (nSPS) is 26.8. The molecule has 1 fully saturated rings. The zero-order valence-corrected chi connectivity index (χ0v) is 11.4. The van der Waals surface area contributed by atoms with Gasteiger partial charge in [0.25, 0.3) is 0 Å². The molecule has 17 heavy (non-hydrogen) atoms. The lowest BCUT2D eigenvalue weighted by molar-refractivity contribution is -0.129. The molecule has 2 unspecified atom stereocenters. The number of ketones is 1. The first kappa shape index (κ1) is 14.2. The number of carbonyl (C=O) groups excluding carboxylic acids is 2. The number of hydrogen-bond donors (Lipinski definition) is 1. The molecule has 1 amide bonds. The number of nitrogens with one attached hydrogen (secondary N) is 1. The van der Waals surface area contributed by atoms with Crippen LogP contribution in [0.3, 0.4) is 0 Å². The van der Waals surface area contributed by atoms with Gasteiger partial charge in [0.05, 0.1) is 12.0 Å². The van der Waals surface area contributed by atoms with E-state index < -0.39 is 0 Å². The van der Waals surface area contributed by atoms with Gasteiger partial charge < -0.3 is 5.32 Å². The van der Waals surface area contributed by atoms with Crippen LogP contribution in [0.1, 0.15) is 33.6 Å². The first-order chi connectivity index (χ1) is 7.92. The third-order valence-electron chi connectivity index (χ3n) is 3.87. The average molecular weight is 240 g/mol.